The second kappa shape index (κ2) is 5.65. The number of ether oxygens (including phenoxy) is 1. The molecule has 0 bridgehead atoms. The van der Waals surface area contributed by atoms with E-state index in [2.05, 4.69) is 47.0 Å². The Kier molecular flexibility index (Phi) is 3.51. The van der Waals surface area contributed by atoms with Gasteiger partial charge in [0.1, 0.15) is 5.75 Å². The highest BCUT2D eigenvalue weighted by Crippen LogP contribution is 2.45. The van der Waals surface area contributed by atoms with Crippen LogP contribution >= 0.6 is 0 Å². The summed E-state index contributed by atoms with van der Waals surface area (Å²) in [5.41, 5.74) is 5.40. The summed E-state index contributed by atoms with van der Waals surface area (Å²) in [6.07, 6.45) is 2.39. The molecule has 2 unspecified atom stereocenters. The average molecular weight is 294 g/mol. The Morgan fingerprint density at radius 3 is 2.82 bits per heavy atom. The minimum atomic E-state index is 0.566. The molecule has 2 aliphatic rings. The molecular formula is C19H22N2O. The molecule has 0 aromatic heterocycles. The molecule has 2 N–H and O–H groups in total. The van der Waals surface area contributed by atoms with E-state index in [1.165, 1.54) is 35.2 Å². The van der Waals surface area contributed by atoms with Crippen LogP contribution in [0.2, 0.25) is 0 Å². The Labute approximate surface area is 131 Å². The summed E-state index contributed by atoms with van der Waals surface area (Å²) in [5, 5.41) is 7.27. The van der Waals surface area contributed by atoms with Crippen molar-refractivity contribution in [1.82, 2.24) is 5.32 Å². The average Bonchev–Trinajstić information content (AvgIpc) is 2.76. The largest absolute Gasteiger partial charge is 0.497 e. The predicted molar refractivity (Wildman–Crippen MR) is 90.7 cm³/mol. The van der Waals surface area contributed by atoms with Crippen molar-refractivity contribution in [3.8, 4) is 16.9 Å². The van der Waals surface area contributed by atoms with Crippen LogP contribution in [-0.4, -0.2) is 26.2 Å². The maximum atomic E-state index is 5.40. The van der Waals surface area contributed by atoms with E-state index in [1.54, 1.807) is 7.11 Å². The van der Waals surface area contributed by atoms with Crippen molar-refractivity contribution < 1.29 is 4.74 Å². The third kappa shape index (κ3) is 2.26. The van der Waals surface area contributed by atoms with Crippen molar-refractivity contribution in [3.05, 3.63) is 48.0 Å². The van der Waals surface area contributed by atoms with Crippen LogP contribution in [0.3, 0.4) is 0 Å². The minimum absolute atomic E-state index is 0.566. The monoisotopic (exact) mass is 294 g/mol. The molecular weight excluding hydrogens is 272 g/mol. The van der Waals surface area contributed by atoms with Crippen molar-refractivity contribution in [2.24, 2.45) is 0 Å². The second-order valence-corrected chi connectivity index (χ2v) is 6.18. The first-order valence-corrected chi connectivity index (χ1v) is 8.11. The lowest BCUT2D eigenvalue weighted by atomic mass is 9.86. The molecule has 1 saturated heterocycles. The Balaban J connectivity index is 1.81. The minimum Gasteiger partial charge on any atom is -0.497 e. The molecule has 4 rings (SSSR count). The number of rotatable bonds is 2. The van der Waals surface area contributed by atoms with Crippen LogP contribution < -0.4 is 15.4 Å². The summed E-state index contributed by atoms with van der Waals surface area (Å²) in [4.78, 5) is 0. The fraction of sp³-hybridized carbons (Fsp3) is 0.368. The molecule has 0 spiro atoms. The van der Waals surface area contributed by atoms with E-state index in [9.17, 15) is 0 Å². The van der Waals surface area contributed by atoms with Crippen molar-refractivity contribution in [2.75, 3.05) is 25.5 Å². The summed E-state index contributed by atoms with van der Waals surface area (Å²) in [7, 11) is 1.73. The fourth-order valence-electron chi connectivity index (χ4n) is 3.89. The number of benzene rings is 2. The van der Waals surface area contributed by atoms with Crippen molar-refractivity contribution >= 4 is 5.69 Å². The molecule has 0 aliphatic carbocycles. The van der Waals surface area contributed by atoms with Gasteiger partial charge in [-0.2, -0.15) is 0 Å². The van der Waals surface area contributed by atoms with E-state index in [-0.39, 0.29) is 0 Å². The lowest BCUT2D eigenvalue weighted by Crippen LogP contribution is -2.21. The van der Waals surface area contributed by atoms with Gasteiger partial charge >= 0.3 is 0 Å². The molecule has 1 fully saturated rings. The summed E-state index contributed by atoms with van der Waals surface area (Å²) in [6.45, 7) is 2.21. The highest BCUT2D eigenvalue weighted by molar-refractivity contribution is 5.78. The number of hydrogen-bond acceptors (Lipinski definition) is 3. The van der Waals surface area contributed by atoms with Crippen LogP contribution in [0.1, 0.15) is 24.3 Å². The predicted octanol–water partition coefficient (Wildman–Crippen LogP) is 3.62. The zero-order chi connectivity index (χ0) is 14.9. The normalized spacial score (nSPS) is 23.1. The van der Waals surface area contributed by atoms with Gasteiger partial charge in [-0.3, -0.25) is 0 Å². The van der Waals surface area contributed by atoms with E-state index in [0.29, 0.717) is 12.0 Å². The Bertz CT molecular complexity index is 683. The van der Waals surface area contributed by atoms with Gasteiger partial charge in [-0.05, 0) is 60.8 Å². The first kappa shape index (κ1) is 13.6. The maximum absolute atomic E-state index is 5.40. The lowest BCUT2D eigenvalue weighted by molar-refractivity contribution is 0.415. The van der Waals surface area contributed by atoms with Gasteiger partial charge in [0.05, 0.1) is 7.11 Å². The van der Waals surface area contributed by atoms with E-state index in [1.807, 2.05) is 6.07 Å². The zero-order valence-corrected chi connectivity index (χ0v) is 12.9. The van der Waals surface area contributed by atoms with E-state index < -0.39 is 0 Å². The molecule has 2 heterocycles. The van der Waals surface area contributed by atoms with Crippen molar-refractivity contribution in [3.63, 3.8) is 0 Å². The molecule has 2 aromatic rings. The summed E-state index contributed by atoms with van der Waals surface area (Å²) >= 11 is 0. The number of nitrogens with one attached hydrogen (secondary N) is 2. The SMILES string of the molecule is COc1cccc(-c2cccc3c2C2CCNCCC2N3)c1. The highest BCUT2D eigenvalue weighted by atomic mass is 16.5. The van der Waals surface area contributed by atoms with Crippen LogP contribution in [0.5, 0.6) is 5.75 Å². The van der Waals surface area contributed by atoms with E-state index >= 15 is 0 Å². The Morgan fingerprint density at radius 1 is 1.05 bits per heavy atom. The molecule has 2 aliphatic heterocycles. The maximum Gasteiger partial charge on any atom is 0.119 e. The van der Waals surface area contributed by atoms with Gasteiger partial charge in [0.15, 0.2) is 0 Å². The molecule has 2 aromatic carbocycles. The molecule has 0 amide bonds. The van der Waals surface area contributed by atoms with E-state index in [4.69, 9.17) is 4.74 Å². The first-order chi connectivity index (χ1) is 10.9. The summed E-state index contributed by atoms with van der Waals surface area (Å²) in [5.74, 6) is 1.52. The van der Waals surface area contributed by atoms with Crippen LogP contribution in [0, 0.1) is 0 Å². The molecule has 0 radical (unpaired) electrons. The van der Waals surface area contributed by atoms with Crippen LogP contribution in [0.25, 0.3) is 11.1 Å². The van der Waals surface area contributed by atoms with Crippen molar-refractivity contribution in [2.45, 2.75) is 24.8 Å². The van der Waals surface area contributed by atoms with Gasteiger partial charge < -0.3 is 15.4 Å². The van der Waals surface area contributed by atoms with Crippen molar-refractivity contribution in [1.29, 1.82) is 0 Å². The standard InChI is InChI=1S/C19H22N2O/c1-22-14-5-2-4-13(12-14)15-6-3-7-18-19(15)16-8-10-20-11-9-17(16)21-18/h2-7,12,16-17,20-21H,8-11H2,1H3. The lowest BCUT2D eigenvalue weighted by Gasteiger charge is -2.18. The smallest absolute Gasteiger partial charge is 0.119 e. The van der Waals surface area contributed by atoms with Gasteiger partial charge in [-0.1, -0.05) is 24.3 Å². The quantitative estimate of drug-likeness (QED) is 0.887. The molecule has 3 nitrogen and oxygen atoms in total. The molecule has 2 atom stereocenters. The first-order valence-electron chi connectivity index (χ1n) is 8.11. The van der Waals surface area contributed by atoms with Gasteiger partial charge in [0, 0.05) is 17.6 Å². The Morgan fingerprint density at radius 2 is 1.91 bits per heavy atom. The summed E-state index contributed by atoms with van der Waals surface area (Å²) < 4.78 is 5.40. The van der Waals surface area contributed by atoms with Crippen LogP contribution in [0.15, 0.2) is 42.5 Å². The van der Waals surface area contributed by atoms with Gasteiger partial charge in [-0.15, -0.1) is 0 Å². The topological polar surface area (TPSA) is 33.3 Å². The highest BCUT2D eigenvalue weighted by Gasteiger charge is 2.34. The molecule has 114 valence electrons. The third-order valence-electron chi connectivity index (χ3n) is 4.95. The molecule has 3 heteroatoms. The molecule has 22 heavy (non-hydrogen) atoms. The van der Waals surface area contributed by atoms with E-state index in [0.717, 1.165) is 18.8 Å². The fourth-order valence-corrected chi connectivity index (χ4v) is 3.89. The summed E-state index contributed by atoms with van der Waals surface area (Å²) in [6, 6.07) is 15.6. The number of anilines is 1. The third-order valence-corrected chi connectivity index (χ3v) is 4.95. The van der Waals surface area contributed by atoms with Gasteiger partial charge in [0.25, 0.3) is 0 Å². The zero-order valence-electron chi connectivity index (χ0n) is 12.9. The number of fused-ring (bicyclic) bond motifs is 3. The van der Waals surface area contributed by atoms with Crippen LogP contribution in [0.4, 0.5) is 5.69 Å². The van der Waals surface area contributed by atoms with Crippen LogP contribution in [-0.2, 0) is 0 Å². The number of hydrogen-bond donors (Lipinski definition) is 2. The van der Waals surface area contributed by atoms with Gasteiger partial charge in [0.2, 0.25) is 0 Å². The number of methoxy groups -OCH3 is 1. The Hall–Kier alpha value is -2.00. The van der Waals surface area contributed by atoms with Gasteiger partial charge in [-0.25, -0.2) is 0 Å². The second-order valence-electron chi connectivity index (χ2n) is 6.18. The molecule has 0 saturated carbocycles.